The molecule has 0 saturated heterocycles. The molecule has 21 heavy (non-hydrogen) atoms. The molecular weight excluding hydrogens is 268 g/mol. The van der Waals surface area contributed by atoms with Gasteiger partial charge in [-0.2, -0.15) is 0 Å². The fraction of sp³-hybridized carbons (Fsp3) is 0.562. The van der Waals surface area contributed by atoms with Crippen molar-refractivity contribution in [2.75, 3.05) is 0 Å². The van der Waals surface area contributed by atoms with Crippen molar-refractivity contribution >= 4 is 11.6 Å². The Balaban J connectivity index is 2.04. The van der Waals surface area contributed by atoms with Gasteiger partial charge in [0, 0.05) is 23.2 Å². The fourth-order valence-electron chi connectivity index (χ4n) is 3.05. The molecule has 1 fully saturated rings. The topological polar surface area (TPSA) is 72.2 Å². The Morgan fingerprint density at radius 3 is 2.57 bits per heavy atom. The van der Waals surface area contributed by atoms with Crippen LogP contribution in [0.4, 0.5) is 5.69 Å². The van der Waals surface area contributed by atoms with Crippen LogP contribution in [0.5, 0.6) is 0 Å². The van der Waals surface area contributed by atoms with Crippen molar-refractivity contribution in [2.24, 2.45) is 5.92 Å². The zero-order chi connectivity index (χ0) is 15.4. The number of benzene rings is 1. The molecule has 114 valence electrons. The zero-order valence-electron chi connectivity index (χ0n) is 12.6. The molecule has 0 spiro atoms. The van der Waals surface area contributed by atoms with Gasteiger partial charge in [-0.05, 0) is 44.6 Å². The summed E-state index contributed by atoms with van der Waals surface area (Å²) in [5.74, 6) is 0.578. The van der Waals surface area contributed by atoms with Crippen molar-refractivity contribution in [3.05, 3.63) is 39.4 Å². The highest BCUT2D eigenvalue weighted by molar-refractivity contribution is 5.96. The fourth-order valence-corrected chi connectivity index (χ4v) is 3.05. The summed E-state index contributed by atoms with van der Waals surface area (Å²) < 4.78 is 0. The molecule has 0 aliphatic heterocycles. The number of carbonyl (C=O) groups is 1. The van der Waals surface area contributed by atoms with E-state index in [9.17, 15) is 14.9 Å². The van der Waals surface area contributed by atoms with Gasteiger partial charge < -0.3 is 5.32 Å². The first-order valence-electron chi connectivity index (χ1n) is 7.57. The number of hydrogen-bond acceptors (Lipinski definition) is 3. The first-order chi connectivity index (χ1) is 10.0. The number of nitro groups is 1. The monoisotopic (exact) mass is 290 g/mol. The standard InChI is InChI=1S/C16H22N2O3/c1-3-12-7-9-13(10-8-12)17-16(19)14-5-4-6-15(11(14)2)18(20)21/h4-6,12-13H,3,7-10H2,1-2H3,(H,17,19). The van der Waals surface area contributed by atoms with Gasteiger partial charge in [-0.3, -0.25) is 14.9 Å². The molecular formula is C16H22N2O3. The van der Waals surface area contributed by atoms with Crippen LogP contribution < -0.4 is 5.32 Å². The van der Waals surface area contributed by atoms with E-state index in [-0.39, 0.29) is 17.6 Å². The summed E-state index contributed by atoms with van der Waals surface area (Å²) in [5, 5.41) is 14.0. The zero-order valence-corrected chi connectivity index (χ0v) is 12.6. The van der Waals surface area contributed by atoms with Gasteiger partial charge >= 0.3 is 0 Å². The Morgan fingerprint density at radius 2 is 2.00 bits per heavy atom. The lowest BCUT2D eigenvalue weighted by molar-refractivity contribution is -0.385. The molecule has 0 radical (unpaired) electrons. The van der Waals surface area contributed by atoms with E-state index in [1.165, 1.54) is 12.5 Å². The second-order valence-corrected chi connectivity index (χ2v) is 5.81. The van der Waals surface area contributed by atoms with Gasteiger partial charge in [-0.1, -0.05) is 19.4 Å². The highest BCUT2D eigenvalue weighted by atomic mass is 16.6. The van der Waals surface area contributed by atoms with Crippen molar-refractivity contribution < 1.29 is 9.72 Å². The van der Waals surface area contributed by atoms with Gasteiger partial charge in [0.15, 0.2) is 0 Å². The predicted octanol–water partition coefficient (Wildman–Crippen LogP) is 3.60. The normalized spacial score (nSPS) is 21.8. The minimum atomic E-state index is -0.446. The number of carbonyl (C=O) groups excluding carboxylic acids is 1. The first kappa shape index (κ1) is 15.5. The molecule has 1 aliphatic carbocycles. The Morgan fingerprint density at radius 1 is 1.33 bits per heavy atom. The molecule has 0 atom stereocenters. The number of hydrogen-bond donors (Lipinski definition) is 1. The molecule has 1 amide bonds. The van der Waals surface area contributed by atoms with Crippen molar-refractivity contribution in [2.45, 2.75) is 52.0 Å². The van der Waals surface area contributed by atoms with Gasteiger partial charge in [0.05, 0.1) is 4.92 Å². The number of nitro benzene ring substituents is 1. The Hall–Kier alpha value is -1.91. The van der Waals surface area contributed by atoms with E-state index in [0.717, 1.165) is 31.6 Å². The second kappa shape index (κ2) is 6.70. The third kappa shape index (κ3) is 3.60. The number of nitrogens with one attached hydrogen (secondary N) is 1. The lowest BCUT2D eigenvalue weighted by Crippen LogP contribution is -2.37. The first-order valence-corrected chi connectivity index (χ1v) is 7.57. The maximum Gasteiger partial charge on any atom is 0.273 e. The lowest BCUT2D eigenvalue weighted by Gasteiger charge is -2.28. The van der Waals surface area contributed by atoms with Crippen LogP contribution in [0.2, 0.25) is 0 Å². The van der Waals surface area contributed by atoms with Crippen molar-refractivity contribution in [1.29, 1.82) is 0 Å². The highest BCUT2D eigenvalue weighted by Gasteiger charge is 2.23. The average Bonchev–Trinajstić information content (AvgIpc) is 2.47. The Bertz CT molecular complexity index is 534. The summed E-state index contributed by atoms with van der Waals surface area (Å²) in [6, 6.07) is 4.83. The van der Waals surface area contributed by atoms with Gasteiger partial charge in [0.1, 0.15) is 0 Å². The molecule has 1 aromatic carbocycles. The molecule has 1 saturated carbocycles. The Kier molecular flexibility index (Phi) is 4.94. The molecule has 0 bridgehead atoms. The van der Waals surface area contributed by atoms with Crippen molar-refractivity contribution in [3.8, 4) is 0 Å². The third-order valence-electron chi connectivity index (χ3n) is 4.51. The SMILES string of the molecule is CCC1CCC(NC(=O)c2cccc([N+](=O)[O-])c2C)CC1. The van der Waals surface area contributed by atoms with E-state index < -0.39 is 4.92 Å². The summed E-state index contributed by atoms with van der Waals surface area (Å²) in [6.07, 6.45) is 5.49. The molecule has 1 aliphatic rings. The third-order valence-corrected chi connectivity index (χ3v) is 4.51. The van der Waals surface area contributed by atoms with E-state index in [1.807, 2.05) is 0 Å². The summed E-state index contributed by atoms with van der Waals surface area (Å²) in [5.41, 5.74) is 0.835. The van der Waals surface area contributed by atoms with E-state index in [1.54, 1.807) is 19.1 Å². The maximum atomic E-state index is 12.3. The summed E-state index contributed by atoms with van der Waals surface area (Å²) in [4.78, 5) is 22.8. The van der Waals surface area contributed by atoms with E-state index in [0.29, 0.717) is 11.1 Å². The minimum absolute atomic E-state index is 0.00246. The van der Waals surface area contributed by atoms with E-state index >= 15 is 0 Å². The van der Waals surface area contributed by atoms with Crippen molar-refractivity contribution in [3.63, 3.8) is 0 Å². The maximum absolute atomic E-state index is 12.3. The largest absolute Gasteiger partial charge is 0.349 e. The summed E-state index contributed by atoms with van der Waals surface area (Å²) in [6.45, 7) is 3.83. The number of rotatable bonds is 4. The van der Waals surface area contributed by atoms with E-state index in [2.05, 4.69) is 12.2 Å². The van der Waals surface area contributed by atoms with Crippen LogP contribution in [0.1, 0.15) is 54.9 Å². The Labute approximate surface area is 124 Å². The van der Waals surface area contributed by atoms with Crippen LogP contribution in [-0.4, -0.2) is 16.9 Å². The number of amides is 1. The van der Waals surface area contributed by atoms with Crippen LogP contribution in [0.15, 0.2) is 18.2 Å². The molecule has 1 aromatic rings. The van der Waals surface area contributed by atoms with Gasteiger partial charge in [-0.15, -0.1) is 0 Å². The molecule has 5 nitrogen and oxygen atoms in total. The molecule has 2 rings (SSSR count). The van der Waals surface area contributed by atoms with Crippen molar-refractivity contribution in [1.82, 2.24) is 5.32 Å². The average molecular weight is 290 g/mol. The quantitative estimate of drug-likeness (QED) is 0.680. The second-order valence-electron chi connectivity index (χ2n) is 5.81. The molecule has 5 heteroatoms. The lowest BCUT2D eigenvalue weighted by atomic mass is 9.84. The minimum Gasteiger partial charge on any atom is -0.349 e. The van der Waals surface area contributed by atoms with Gasteiger partial charge in [0.2, 0.25) is 0 Å². The smallest absolute Gasteiger partial charge is 0.273 e. The van der Waals surface area contributed by atoms with Gasteiger partial charge in [-0.25, -0.2) is 0 Å². The molecule has 0 unspecified atom stereocenters. The van der Waals surface area contributed by atoms with Crippen LogP contribution >= 0.6 is 0 Å². The van der Waals surface area contributed by atoms with E-state index in [4.69, 9.17) is 0 Å². The number of nitrogens with zero attached hydrogens (tertiary/aromatic N) is 1. The summed E-state index contributed by atoms with van der Waals surface area (Å²) in [7, 11) is 0. The van der Waals surface area contributed by atoms with Gasteiger partial charge in [0.25, 0.3) is 11.6 Å². The molecule has 1 N–H and O–H groups in total. The van der Waals surface area contributed by atoms with Crippen LogP contribution in [-0.2, 0) is 0 Å². The van der Waals surface area contributed by atoms with Crippen LogP contribution in [0.3, 0.4) is 0 Å². The highest BCUT2D eigenvalue weighted by Crippen LogP contribution is 2.27. The van der Waals surface area contributed by atoms with Crippen LogP contribution in [0.25, 0.3) is 0 Å². The molecule has 0 heterocycles. The summed E-state index contributed by atoms with van der Waals surface area (Å²) >= 11 is 0. The van der Waals surface area contributed by atoms with Crippen LogP contribution in [0, 0.1) is 23.0 Å². The molecule has 0 aromatic heterocycles. The predicted molar refractivity (Wildman–Crippen MR) is 81.3 cm³/mol.